The van der Waals surface area contributed by atoms with Crippen LogP contribution < -0.4 is 20.7 Å². The lowest BCUT2D eigenvalue weighted by Gasteiger charge is -2.15. The summed E-state index contributed by atoms with van der Waals surface area (Å²) in [5, 5.41) is 10.9. The molecule has 0 unspecified atom stereocenters. The second-order valence-corrected chi connectivity index (χ2v) is 7.39. The van der Waals surface area contributed by atoms with E-state index in [9.17, 15) is 42.1 Å². The lowest BCUT2D eigenvalue weighted by Crippen LogP contribution is -2.41. The summed E-state index contributed by atoms with van der Waals surface area (Å²) < 4.78 is 69.1. The third kappa shape index (κ3) is 5.09. The number of pyridine rings is 1. The molecule has 3 rings (SSSR count). The Morgan fingerprint density at radius 1 is 1.14 bits per heavy atom. The van der Waals surface area contributed by atoms with E-state index in [4.69, 9.17) is 21.1 Å². The van der Waals surface area contributed by atoms with Crippen molar-refractivity contribution < 1.29 is 41.5 Å². The number of ether oxygens (including phenoxy) is 3. The summed E-state index contributed by atoms with van der Waals surface area (Å²) in [6.07, 6.45) is -5.04. The number of carbonyl (C=O) groups excluding carboxylic acids is 1. The van der Waals surface area contributed by atoms with E-state index in [0.717, 1.165) is 27.3 Å². The maximum Gasteiger partial charge on any atom is 0.431 e. The van der Waals surface area contributed by atoms with Crippen molar-refractivity contribution in [3.8, 4) is 23.1 Å². The van der Waals surface area contributed by atoms with Crippen LogP contribution in [0, 0.1) is 15.9 Å². The lowest BCUT2D eigenvalue weighted by atomic mass is 10.2. The molecule has 196 valence electrons. The normalized spacial score (nSPS) is 11.2. The predicted molar refractivity (Wildman–Crippen MR) is 116 cm³/mol. The SMILES string of the molecule is COC(=O)c1nc(Oc2cc(-n3c(=O)cc(C(F)(F)F)n(C)c3=O)c(F)cc2Cl)cc(OC)c1[N+](=O)[O-]. The topological polar surface area (TPSA) is 145 Å². The van der Waals surface area contributed by atoms with E-state index in [1.807, 2.05) is 0 Å². The number of nitrogens with zero attached hydrogens (tertiary/aromatic N) is 4. The summed E-state index contributed by atoms with van der Waals surface area (Å²) in [7, 11) is 2.70. The van der Waals surface area contributed by atoms with Crippen molar-refractivity contribution in [2.24, 2.45) is 7.05 Å². The standard InChI is InChI=1S/C20H13ClF4N4O8/c1-27-13(20(23,24)25)7-15(30)28(19(27)32)10-5-11(8(21)4-9(10)22)37-14-6-12(35-2)17(29(33)34)16(26-14)18(31)36-3/h4-7H,1-3H3. The second-order valence-electron chi connectivity index (χ2n) is 6.99. The molecule has 12 nitrogen and oxygen atoms in total. The Bertz CT molecular complexity index is 1550. The molecule has 2 heterocycles. The quantitative estimate of drug-likeness (QED) is 0.196. The Kier molecular flexibility index (Phi) is 7.25. The Morgan fingerprint density at radius 3 is 2.32 bits per heavy atom. The molecule has 0 saturated heterocycles. The molecule has 0 bridgehead atoms. The maximum atomic E-state index is 14.7. The molecule has 0 fully saturated rings. The van der Waals surface area contributed by atoms with Gasteiger partial charge in [-0.05, 0) is 6.07 Å². The number of nitro groups is 1. The molecule has 0 N–H and O–H groups in total. The molecular weight excluding hydrogens is 536 g/mol. The van der Waals surface area contributed by atoms with Crippen LogP contribution in [0.2, 0.25) is 5.02 Å². The van der Waals surface area contributed by atoms with Gasteiger partial charge in [-0.1, -0.05) is 11.6 Å². The highest BCUT2D eigenvalue weighted by molar-refractivity contribution is 6.32. The Labute approximate surface area is 207 Å². The molecule has 2 aromatic heterocycles. The van der Waals surface area contributed by atoms with Gasteiger partial charge in [0, 0.05) is 19.2 Å². The molecule has 0 aliphatic carbocycles. The van der Waals surface area contributed by atoms with Crippen LogP contribution in [0.15, 0.2) is 33.9 Å². The number of hydrogen-bond donors (Lipinski definition) is 0. The van der Waals surface area contributed by atoms with Crippen LogP contribution in [0.25, 0.3) is 5.69 Å². The van der Waals surface area contributed by atoms with Gasteiger partial charge in [-0.3, -0.25) is 19.5 Å². The van der Waals surface area contributed by atoms with Crippen LogP contribution >= 0.6 is 11.6 Å². The van der Waals surface area contributed by atoms with Crippen molar-refractivity contribution >= 4 is 23.3 Å². The van der Waals surface area contributed by atoms with Crippen molar-refractivity contribution in [3.63, 3.8) is 0 Å². The highest BCUT2D eigenvalue weighted by Gasteiger charge is 2.35. The fraction of sp³-hybridized carbons (Fsp3) is 0.200. The number of carbonyl (C=O) groups is 1. The maximum absolute atomic E-state index is 14.7. The van der Waals surface area contributed by atoms with Crippen molar-refractivity contribution in [2.45, 2.75) is 6.18 Å². The molecule has 37 heavy (non-hydrogen) atoms. The van der Waals surface area contributed by atoms with E-state index < -0.39 is 79.3 Å². The highest BCUT2D eigenvalue weighted by atomic mass is 35.5. The zero-order valence-electron chi connectivity index (χ0n) is 18.8. The minimum atomic E-state index is -5.04. The first-order chi connectivity index (χ1) is 17.2. The van der Waals surface area contributed by atoms with Crippen molar-refractivity contribution in [3.05, 3.63) is 77.4 Å². The Balaban J connectivity index is 2.21. The molecule has 0 atom stereocenters. The summed E-state index contributed by atoms with van der Waals surface area (Å²) >= 11 is 5.98. The average molecular weight is 549 g/mol. The zero-order valence-corrected chi connectivity index (χ0v) is 19.5. The van der Waals surface area contributed by atoms with Crippen LogP contribution in [0.3, 0.4) is 0 Å². The predicted octanol–water partition coefficient (Wildman–Crippen LogP) is 3.24. The van der Waals surface area contributed by atoms with Gasteiger partial charge in [-0.15, -0.1) is 0 Å². The van der Waals surface area contributed by atoms with Crippen molar-refractivity contribution in [1.29, 1.82) is 0 Å². The molecule has 0 radical (unpaired) electrons. The average Bonchev–Trinajstić information content (AvgIpc) is 2.81. The van der Waals surface area contributed by atoms with Gasteiger partial charge in [0.25, 0.3) is 5.56 Å². The first-order valence-corrected chi connectivity index (χ1v) is 9.98. The first kappa shape index (κ1) is 27.1. The number of benzene rings is 1. The number of aromatic nitrogens is 3. The van der Waals surface area contributed by atoms with Crippen LogP contribution in [0.5, 0.6) is 17.4 Å². The van der Waals surface area contributed by atoms with E-state index >= 15 is 0 Å². The van der Waals surface area contributed by atoms with Gasteiger partial charge in [-0.25, -0.2) is 18.5 Å². The summed E-state index contributed by atoms with van der Waals surface area (Å²) in [6, 6.07) is 2.29. The third-order valence-electron chi connectivity index (χ3n) is 4.78. The number of methoxy groups -OCH3 is 2. The number of hydrogen-bond acceptors (Lipinski definition) is 9. The monoisotopic (exact) mass is 548 g/mol. The molecule has 0 aliphatic heterocycles. The molecule has 0 aliphatic rings. The highest BCUT2D eigenvalue weighted by Crippen LogP contribution is 2.37. The van der Waals surface area contributed by atoms with Crippen LogP contribution in [0.4, 0.5) is 23.2 Å². The zero-order chi connectivity index (χ0) is 27.8. The van der Waals surface area contributed by atoms with Gasteiger partial charge in [-0.2, -0.15) is 18.2 Å². The minimum Gasteiger partial charge on any atom is -0.490 e. The molecule has 0 saturated carbocycles. The minimum absolute atomic E-state index is 0.0986. The van der Waals surface area contributed by atoms with Gasteiger partial charge >= 0.3 is 23.5 Å². The van der Waals surface area contributed by atoms with E-state index in [1.165, 1.54) is 0 Å². The van der Waals surface area contributed by atoms with E-state index in [1.54, 1.807) is 0 Å². The summed E-state index contributed by atoms with van der Waals surface area (Å²) in [5.41, 5.74) is -7.12. The number of halogens is 5. The van der Waals surface area contributed by atoms with Crippen molar-refractivity contribution in [2.75, 3.05) is 14.2 Å². The second kappa shape index (κ2) is 9.88. The summed E-state index contributed by atoms with van der Waals surface area (Å²) in [4.78, 5) is 51.1. The van der Waals surface area contributed by atoms with Crippen LogP contribution in [-0.2, 0) is 18.0 Å². The smallest absolute Gasteiger partial charge is 0.431 e. The van der Waals surface area contributed by atoms with E-state index in [2.05, 4.69) is 9.72 Å². The van der Waals surface area contributed by atoms with E-state index in [-0.39, 0.29) is 15.2 Å². The van der Waals surface area contributed by atoms with Crippen molar-refractivity contribution in [1.82, 2.24) is 14.1 Å². The number of rotatable bonds is 6. The molecule has 3 aromatic rings. The Morgan fingerprint density at radius 2 is 1.78 bits per heavy atom. The van der Waals surface area contributed by atoms with Gasteiger partial charge in [0.2, 0.25) is 17.3 Å². The fourth-order valence-corrected chi connectivity index (χ4v) is 3.30. The van der Waals surface area contributed by atoms with Gasteiger partial charge in [0.05, 0.1) is 35.9 Å². The molecule has 1 aromatic carbocycles. The largest absolute Gasteiger partial charge is 0.490 e. The van der Waals surface area contributed by atoms with Crippen LogP contribution in [0.1, 0.15) is 16.2 Å². The number of alkyl halides is 3. The lowest BCUT2D eigenvalue weighted by molar-refractivity contribution is -0.386. The van der Waals surface area contributed by atoms with Gasteiger partial charge in [0.15, 0.2) is 0 Å². The fourth-order valence-electron chi connectivity index (χ4n) is 3.12. The molecule has 0 spiro atoms. The molecule has 0 amide bonds. The summed E-state index contributed by atoms with van der Waals surface area (Å²) in [5.74, 6) is -4.04. The summed E-state index contributed by atoms with van der Waals surface area (Å²) in [6.45, 7) is 0. The van der Waals surface area contributed by atoms with Crippen LogP contribution in [-0.4, -0.2) is 39.2 Å². The first-order valence-electron chi connectivity index (χ1n) is 9.60. The number of esters is 1. The Hall–Kier alpha value is -4.47. The molecule has 17 heteroatoms. The van der Waals surface area contributed by atoms with E-state index in [0.29, 0.717) is 12.1 Å². The third-order valence-corrected chi connectivity index (χ3v) is 5.08. The molecular formula is C20H13ClF4N4O8. The van der Waals surface area contributed by atoms with Gasteiger partial charge < -0.3 is 14.2 Å². The van der Waals surface area contributed by atoms with Gasteiger partial charge in [0.1, 0.15) is 17.3 Å².